The molecule has 4 heteroatoms. The van der Waals surface area contributed by atoms with E-state index in [4.69, 9.17) is 5.11 Å². The molecule has 1 fully saturated rings. The Labute approximate surface area is 105 Å². The lowest BCUT2D eigenvalue weighted by atomic mass is 10.0. The second-order valence-electron chi connectivity index (χ2n) is 5.71. The van der Waals surface area contributed by atoms with Crippen molar-refractivity contribution in [1.29, 1.82) is 0 Å². The topological polar surface area (TPSA) is 43.8 Å². The zero-order valence-corrected chi connectivity index (χ0v) is 11.5. The second kappa shape index (κ2) is 6.36. The van der Waals surface area contributed by atoms with Gasteiger partial charge < -0.3 is 10.0 Å². The molecule has 0 saturated carbocycles. The first-order valence-corrected chi connectivity index (χ1v) is 6.56. The van der Waals surface area contributed by atoms with Crippen molar-refractivity contribution in [3.8, 4) is 0 Å². The molecular weight excluding hydrogens is 216 g/mol. The Morgan fingerprint density at radius 3 is 2.59 bits per heavy atom. The molecule has 1 rings (SSSR count). The molecule has 1 N–H and O–H groups in total. The van der Waals surface area contributed by atoms with Crippen LogP contribution in [0.3, 0.4) is 0 Å². The van der Waals surface area contributed by atoms with E-state index >= 15 is 0 Å². The van der Waals surface area contributed by atoms with Crippen molar-refractivity contribution in [2.24, 2.45) is 5.92 Å². The van der Waals surface area contributed by atoms with Crippen LogP contribution in [0.5, 0.6) is 0 Å². The lowest BCUT2D eigenvalue weighted by Gasteiger charge is -2.43. The van der Waals surface area contributed by atoms with Crippen molar-refractivity contribution in [3.63, 3.8) is 0 Å². The van der Waals surface area contributed by atoms with Crippen molar-refractivity contribution in [3.05, 3.63) is 0 Å². The fraction of sp³-hybridized carbons (Fsp3) is 0.923. The number of aliphatic carboxylic acids is 1. The minimum Gasteiger partial charge on any atom is -0.481 e. The Morgan fingerprint density at radius 2 is 2.06 bits per heavy atom. The van der Waals surface area contributed by atoms with Gasteiger partial charge in [0.2, 0.25) is 0 Å². The summed E-state index contributed by atoms with van der Waals surface area (Å²) >= 11 is 0. The molecule has 0 aromatic rings. The fourth-order valence-electron chi connectivity index (χ4n) is 2.40. The predicted octanol–water partition coefficient (Wildman–Crippen LogP) is 1.51. The van der Waals surface area contributed by atoms with Gasteiger partial charge in [0.05, 0.1) is 6.42 Å². The van der Waals surface area contributed by atoms with Crippen LogP contribution in [-0.2, 0) is 4.79 Å². The van der Waals surface area contributed by atoms with Gasteiger partial charge in [-0.15, -0.1) is 0 Å². The number of rotatable bonds is 5. The number of likely N-dealkylation sites (N-methyl/N-ethyl adjacent to an activating group) is 1. The summed E-state index contributed by atoms with van der Waals surface area (Å²) in [5, 5.41) is 8.93. The monoisotopic (exact) mass is 242 g/mol. The average Bonchev–Trinajstić information content (AvgIpc) is 2.21. The normalized spacial score (nSPS) is 27.6. The Bertz CT molecular complexity index is 256. The maximum Gasteiger partial charge on any atom is 0.304 e. The van der Waals surface area contributed by atoms with Crippen molar-refractivity contribution in [2.45, 2.75) is 45.7 Å². The molecule has 4 nitrogen and oxygen atoms in total. The third kappa shape index (κ3) is 4.64. The zero-order valence-electron chi connectivity index (χ0n) is 11.5. The summed E-state index contributed by atoms with van der Waals surface area (Å²) in [4.78, 5) is 15.5. The molecule has 2 atom stereocenters. The molecule has 1 aliphatic rings. The third-order valence-corrected chi connectivity index (χ3v) is 3.70. The summed E-state index contributed by atoms with van der Waals surface area (Å²) in [5.41, 5.74) is 0. The quantitative estimate of drug-likeness (QED) is 0.793. The van der Waals surface area contributed by atoms with E-state index in [2.05, 4.69) is 30.6 Å². The van der Waals surface area contributed by atoms with Crippen LogP contribution >= 0.6 is 0 Å². The van der Waals surface area contributed by atoms with Gasteiger partial charge in [0, 0.05) is 25.2 Å². The van der Waals surface area contributed by atoms with Gasteiger partial charge in [-0.1, -0.05) is 13.8 Å². The number of hydrogen-bond acceptors (Lipinski definition) is 3. The molecule has 0 aromatic heterocycles. The molecule has 0 aliphatic carbocycles. The Balaban J connectivity index is 2.50. The maximum absolute atomic E-state index is 10.8. The lowest BCUT2D eigenvalue weighted by Crippen LogP contribution is -2.56. The second-order valence-corrected chi connectivity index (χ2v) is 5.71. The van der Waals surface area contributed by atoms with Crippen LogP contribution in [0, 0.1) is 5.92 Å². The van der Waals surface area contributed by atoms with Gasteiger partial charge in [-0.25, -0.2) is 0 Å². The Kier molecular flexibility index (Phi) is 5.40. The largest absolute Gasteiger partial charge is 0.481 e. The molecule has 0 amide bonds. The van der Waals surface area contributed by atoms with Gasteiger partial charge in [-0.05, 0) is 32.9 Å². The number of carbonyl (C=O) groups is 1. The molecule has 2 unspecified atom stereocenters. The number of hydrogen-bond donors (Lipinski definition) is 1. The van der Waals surface area contributed by atoms with Crippen LogP contribution in [-0.4, -0.2) is 59.6 Å². The molecule has 1 heterocycles. The van der Waals surface area contributed by atoms with Gasteiger partial charge in [-0.3, -0.25) is 9.69 Å². The molecule has 0 bridgehead atoms. The van der Waals surface area contributed by atoms with Gasteiger partial charge in [0.1, 0.15) is 0 Å². The van der Waals surface area contributed by atoms with Gasteiger partial charge in [-0.2, -0.15) is 0 Å². The first-order chi connectivity index (χ1) is 7.90. The van der Waals surface area contributed by atoms with Crippen LogP contribution in [0.1, 0.15) is 33.6 Å². The van der Waals surface area contributed by atoms with E-state index in [1.165, 1.54) is 6.42 Å². The van der Waals surface area contributed by atoms with Crippen molar-refractivity contribution >= 4 is 5.97 Å². The van der Waals surface area contributed by atoms with E-state index in [-0.39, 0.29) is 12.5 Å². The highest BCUT2D eigenvalue weighted by Crippen LogP contribution is 2.17. The van der Waals surface area contributed by atoms with E-state index < -0.39 is 5.97 Å². The van der Waals surface area contributed by atoms with Crippen LogP contribution in [0.4, 0.5) is 0 Å². The number of carboxylic acids is 1. The zero-order chi connectivity index (χ0) is 13.0. The van der Waals surface area contributed by atoms with E-state index in [0.29, 0.717) is 12.0 Å². The van der Waals surface area contributed by atoms with Crippen LogP contribution in [0.25, 0.3) is 0 Å². The summed E-state index contributed by atoms with van der Waals surface area (Å²) in [7, 11) is 2.04. The summed E-state index contributed by atoms with van der Waals surface area (Å²) in [5.74, 6) is 0.0163. The molecule has 17 heavy (non-hydrogen) atoms. The third-order valence-electron chi connectivity index (χ3n) is 3.70. The molecule has 1 saturated heterocycles. The smallest absolute Gasteiger partial charge is 0.304 e. The minimum atomic E-state index is -0.695. The first kappa shape index (κ1) is 14.5. The first-order valence-electron chi connectivity index (χ1n) is 6.56. The van der Waals surface area contributed by atoms with Gasteiger partial charge in [0.15, 0.2) is 0 Å². The standard InChI is InChI=1S/C13H26N2O2/c1-10(2)5-6-15-8-11(3)14(4)12(9-15)7-13(16)17/h10-12H,5-9H2,1-4H3,(H,16,17). The highest BCUT2D eigenvalue weighted by Gasteiger charge is 2.30. The number of nitrogens with zero attached hydrogens (tertiary/aromatic N) is 2. The lowest BCUT2D eigenvalue weighted by molar-refractivity contribution is -0.139. The van der Waals surface area contributed by atoms with Crippen LogP contribution < -0.4 is 0 Å². The van der Waals surface area contributed by atoms with E-state index in [9.17, 15) is 4.79 Å². The van der Waals surface area contributed by atoms with Crippen molar-refractivity contribution in [2.75, 3.05) is 26.7 Å². The highest BCUT2D eigenvalue weighted by molar-refractivity contribution is 5.67. The summed E-state index contributed by atoms with van der Waals surface area (Å²) in [6.07, 6.45) is 1.44. The Morgan fingerprint density at radius 1 is 1.41 bits per heavy atom. The minimum absolute atomic E-state index is 0.156. The average molecular weight is 242 g/mol. The van der Waals surface area contributed by atoms with E-state index in [0.717, 1.165) is 19.6 Å². The summed E-state index contributed by atoms with van der Waals surface area (Å²) in [6, 6.07) is 0.601. The number of carboxylic acid groups (broad SMARTS) is 1. The SMILES string of the molecule is CC(C)CCN1CC(C)N(C)C(CC(=O)O)C1. The molecular formula is C13H26N2O2. The van der Waals surface area contributed by atoms with E-state index in [1.807, 2.05) is 7.05 Å². The van der Waals surface area contributed by atoms with Crippen LogP contribution in [0.15, 0.2) is 0 Å². The highest BCUT2D eigenvalue weighted by atomic mass is 16.4. The summed E-state index contributed by atoms with van der Waals surface area (Å²) < 4.78 is 0. The summed E-state index contributed by atoms with van der Waals surface area (Å²) in [6.45, 7) is 9.67. The predicted molar refractivity (Wildman–Crippen MR) is 69.2 cm³/mol. The van der Waals surface area contributed by atoms with Crippen LogP contribution in [0.2, 0.25) is 0 Å². The molecule has 0 radical (unpaired) electrons. The van der Waals surface area contributed by atoms with Crippen molar-refractivity contribution in [1.82, 2.24) is 9.80 Å². The van der Waals surface area contributed by atoms with Crippen molar-refractivity contribution < 1.29 is 9.90 Å². The fourth-order valence-corrected chi connectivity index (χ4v) is 2.40. The van der Waals surface area contributed by atoms with Gasteiger partial charge >= 0.3 is 5.97 Å². The molecule has 100 valence electrons. The Hall–Kier alpha value is -0.610. The molecule has 1 aliphatic heterocycles. The maximum atomic E-state index is 10.8. The molecule has 0 aromatic carbocycles. The molecule has 0 spiro atoms. The number of piperazine rings is 1. The van der Waals surface area contributed by atoms with Gasteiger partial charge in [0.25, 0.3) is 0 Å². The van der Waals surface area contributed by atoms with E-state index in [1.54, 1.807) is 0 Å².